The number of hydrogen-bond acceptors (Lipinski definition) is 1. The summed E-state index contributed by atoms with van der Waals surface area (Å²) in [6.07, 6.45) is 13.2. The molecule has 0 saturated heterocycles. The van der Waals surface area contributed by atoms with Crippen molar-refractivity contribution in [2.75, 3.05) is 6.54 Å². The molecule has 92 valence electrons. The normalized spacial score (nSPS) is 35.8. The smallest absolute Gasteiger partial charge is 0.00683 e. The molecule has 2 rings (SSSR count). The molecule has 3 atom stereocenters. The maximum absolute atomic E-state index is 3.56. The monoisotopic (exact) mass is 221 g/mol. The fourth-order valence-corrected chi connectivity index (χ4v) is 2.71. The molecule has 0 aromatic carbocycles. The first kappa shape index (κ1) is 12.2. The van der Waals surface area contributed by atoms with Crippen LogP contribution in [0.5, 0.6) is 0 Å². The Morgan fingerprint density at radius 2 is 1.88 bits per heavy atom. The van der Waals surface area contributed by atoms with Gasteiger partial charge in [0.25, 0.3) is 0 Å². The Balaban J connectivity index is 1.58. The van der Waals surface area contributed by atoms with E-state index in [4.69, 9.17) is 0 Å². The van der Waals surface area contributed by atoms with Crippen LogP contribution in [0, 0.1) is 17.8 Å². The Labute approximate surface area is 101 Å². The van der Waals surface area contributed by atoms with Gasteiger partial charge in [0.1, 0.15) is 0 Å². The van der Waals surface area contributed by atoms with E-state index in [1.54, 1.807) is 0 Å². The highest BCUT2D eigenvalue weighted by Crippen LogP contribution is 2.33. The maximum Gasteiger partial charge on any atom is 0.00683 e. The van der Waals surface area contributed by atoms with Crippen LogP contribution < -0.4 is 5.32 Å². The predicted molar refractivity (Wildman–Crippen MR) is 70.5 cm³/mol. The van der Waals surface area contributed by atoms with Gasteiger partial charge in [-0.1, -0.05) is 26.0 Å². The van der Waals surface area contributed by atoms with Crippen LogP contribution in [0.1, 0.15) is 52.4 Å². The molecule has 0 spiro atoms. The van der Waals surface area contributed by atoms with Gasteiger partial charge in [0.2, 0.25) is 0 Å². The van der Waals surface area contributed by atoms with Gasteiger partial charge in [-0.05, 0) is 62.8 Å². The number of nitrogens with one attached hydrogen (secondary N) is 1. The van der Waals surface area contributed by atoms with E-state index in [0.29, 0.717) is 0 Å². The fraction of sp³-hybridized carbons (Fsp3) is 0.867. The average Bonchev–Trinajstić information content (AvgIpc) is 3.07. The Morgan fingerprint density at radius 1 is 1.06 bits per heavy atom. The highest BCUT2D eigenvalue weighted by molar-refractivity contribution is 4.93. The van der Waals surface area contributed by atoms with Gasteiger partial charge in [-0.3, -0.25) is 0 Å². The molecule has 0 radical (unpaired) electrons. The van der Waals surface area contributed by atoms with Crippen LogP contribution in [0.3, 0.4) is 0 Å². The van der Waals surface area contributed by atoms with Crippen molar-refractivity contribution in [1.82, 2.24) is 5.32 Å². The van der Waals surface area contributed by atoms with Crippen molar-refractivity contribution in [2.45, 2.75) is 58.4 Å². The lowest BCUT2D eigenvalue weighted by Gasteiger charge is -2.30. The highest BCUT2D eigenvalue weighted by Gasteiger charge is 2.22. The molecule has 2 aliphatic carbocycles. The number of allylic oxidation sites excluding steroid dienone is 1. The van der Waals surface area contributed by atoms with Crippen molar-refractivity contribution in [1.29, 1.82) is 0 Å². The molecule has 1 heteroatoms. The zero-order chi connectivity index (χ0) is 11.4. The summed E-state index contributed by atoms with van der Waals surface area (Å²) in [7, 11) is 0. The summed E-state index contributed by atoms with van der Waals surface area (Å²) in [5.41, 5.74) is 0. The molecule has 16 heavy (non-hydrogen) atoms. The third-order valence-electron chi connectivity index (χ3n) is 4.37. The minimum Gasteiger partial charge on any atom is -0.314 e. The van der Waals surface area contributed by atoms with Crippen LogP contribution in [-0.2, 0) is 0 Å². The van der Waals surface area contributed by atoms with E-state index in [1.807, 2.05) is 0 Å². The lowest BCUT2D eigenvalue weighted by Crippen LogP contribution is -2.19. The minimum absolute atomic E-state index is 0.865. The molecule has 2 saturated carbocycles. The Hall–Kier alpha value is -0.300. The molecular weight excluding hydrogens is 194 g/mol. The zero-order valence-corrected chi connectivity index (χ0v) is 10.9. The van der Waals surface area contributed by atoms with Crippen LogP contribution >= 0.6 is 0 Å². The Kier molecular flexibility index (Phi) is 4.45. The van der Waals surface area contributed by atoms with Gasteiger partial charge in [-0.15, -0.1) is 0 Å². The van der Waals surface area contributed by atoms with Gasteiger partial charge in [0, 0.05) is 6.04 Å². The molecule has 2 aliphatic rings. The van der Waals surface area contributed by atoms with Crippen molar-refractivity contribution in [3.05, 3.63) is 12.2 Å². The van der Waals surface area contributed by atoms with Crippen molar-refractivity contribution in [3.8, 4) is 0 Å². The maximum atomic E-state index is 3.56. The summed E-state index contributed by atoms with van der Waals surface area (Å²) in [6, 6.07) is 0.865. The van der Waals surface area contributed by atoms with Crippen molar-refractivity contribution in [2.24, 2.45) is 17.8 Å². The van der Waals surface area contributed by atoms with Crippen LogP contribution in [0.2, 0.25) is 0 Å². The summed E-state index contributed by atoms with van der Waals surface area (Å²) in [5, 5.41) is 3.56. The van der Waals surface area contributed by atoms with E-state index in [1.165, 1.54) is 45.1 Å². The molecule has 1 nitrogen and oxygen atoms in total. The van der Waals surface area contributed by atoms with Crippen LogP contribution in [0.4, 0.5) is 0 Å². The van der Waals surface area contributed by atoms with Gasteiger partial charge < -0.3 is 5.32 Å². The lowest BCUT2D eigenvalue weighted by molar-refractivity contribution is 0.236. The van der Waals surface area contributed by atoms with Gasteiger partial charge in [-0.2, -0.15) is 0 Å². The summed E-state index contributed by atoms with van der Waals surface area (Å²) < 4.78 is 0. The summed E-state index contributed by atoms with van der Waals surface area (Å²) in [4.78, 5) is 0. The zero-order valence-electron chi connectivity index (χ0n) is 10.9. The van der Waals surface area contributed by atoms with Gasteiger partial charge in [-0.25, -0.2) is 0 Å². The first-order valence-corrected chi connectivity index (χ1v) is 7.15. The van der Waals surface area contributed by atoms with E-state index >= 15 is 0 Å². The second kappa shape index (κ2) is 5.86. The second-order valence-electron chi connectivity index (χ2n) is 5.97. The first-order valence-electron chi connectivity index (χ1n) is 7.15. The third-order valence-corrected chi connectivity index (χ3v) is 4.37. The molecule has 2 fully saturated rings. The number of hydrogen-bond donors (Lipinski definition) is 1. The Bertz CT molecular complexity index is 230. The topological polar surface area (TPSA) is 12.0 Å². The van der Waals surface area contributed by atoms with E-state index in [-0.39, 0.29) is 0 Å². The molecule has 0 aromatic heterocycles. The molecule has 0 heterocycles. The standard InChI is InChI=1S/C15H27N/c1-12-6-7-14(11-13(12)2)5-3-4-10-16-15-8-9-15/h3,5,12-16H,4,6-11H2,1-2H3. The second-order valence-corrected chi connectivity index (χ2v) is 5.97. The van der Waals surface area contributed by atoms with Crippen LogP contribution in [0.15, 0.2) is 12.2 Å². The average molecular weight is 221 g/mol. The van der Waals surface area contributed by atoms with Gasteiger partial charge >= 0.3 is 0 Å². The van der Waals surface area contributed by atoms with Crippen molar-refractivity contribution < 1.29 is 0 Å². The van der Waals surface area contributed by atoms with Crippen LogP contribution in [-0.4, -0.2) is 12.6 Å². The highest BCUT2D eigenvalue weighted by atomic mass is 14.9. The summed E-state index contributed by atoms with van der Waals surface area (Å²) in [5.74, 6) is 2.74. The molecule has 0 amide bonds. The molecule has 1 N–H and O–H groups in total. The van der Waals surface area contributed by atoms with Crippen molar-refractivity contribution in [3.63, 3.8) is 0 Å². The minimum atomic E-state index is 0.865. The largest absolute Gasteiger partial charge is 0.314 e. The SMILES string of the molecule is CC1CCC(C=CCCNC2CC2)CC1C. The van der Waals surface area contributed by atoms with E-state index < -0.39 is 0 Å². The molecule has 0 aliphatic heterocycles. The molecule has 0 aromatic rings. The Morgan fingerprint density at radius 3 is 2.56 bits per heavy atom. The van der Waals surface area contributed by atoms with Gasteiger partial charge in [0.15, 0.2) is 0 Å². The first-order chi connectivity index (χ1) is 7.75. The molecule has 3 unspecified atom stereocenters. The van der Waals surface area contributed by atoms with E-state index in [2.05, 4.69) is 31.3 Å². The summed E-state index contributed by atoms with van der Waals surface area (Å²) in [6.45, 7) is 6.00. The van der Waals surface area contributed by atoms with Crippen LogP contribution in [0.25, 0.3) is 0 Å². The quantitative estimate of drug-likeness (QED) is 0.550. The number of rotatable bonds is 5. The molecule has 0 bridgehead atoms. The third kappa shape index (κ3) is 3.93. The van der Waals surface area contributed by atoms with E-state index in [0.717, 1.165) is 23.8 Å². The predicted octanol–water partition coefficient (Wildman–Crippen LogP) is 3.76. The van der Waals surface area contributed by atoms with E-state index in [9.17, 15) is 0 Å². The molecular formula is C15H27N. The fourth-order valence-electron chi connectivity index (χ4n) is 2.71. The lowest BCUT2D eigenvalue weighted by atomic mass is 9.76. The van der Waals surface area contributed by atoms with Crippen molar-refractivity contribution >= 4 is 0 Å². The van der Waals surface area contributed by atoms with Gasteiger partial charge in [0.05, 0.1) is 0 Å². The summed E-state index contributed by atoms with van der Waals surface area (Å²) >= 11 is 0.